The maximum absolute atomic E-state index is 12.6. The summed E-state index contributed by atoms with van der Waals surface area (Å²) in [6, 6.07) is 9.37. The van der Waals surface area contributed by atoms with Crippen molar-refractivity contribution < 1.29 is 4.79 Å². The maximum atomic E-state index is 12.6. The smallest absolute Gasteiger partial charge is 0.272 e. The number of benzene rings is 1. The molecule has 1 aromatic heterocycles. The Balaban J connectivity index is 1.76. The summed E-state index contributed by atoms with van der Waals surface area (Å²) in [7, 11) is 0. The fourth-order valence-electron chi connectivity index (χ4n) is 2.88. The van der Waals surface area contributed by atoms with Crippen molar-refractivity contribution in [1.82, 2.24) is 9.88 Å². The van der Waals surface area contributed by atoms with Crippen molar-refractivity contribution in [3.63, 3.8) is 0 Å². The minimum Gasteiger partial charge on any atom is -0.355 e. The number of nitrogens with one attached hydrogen (secondary N) is 1. The van der Waals surface area contributed by atoms with Gasteiger partial charge in [0.1, 0.15) is 5.69 Å². The van der Waals surface area contributed by atoms with Crippen LogP contribution in [0.1, 0.15) is 35.8 Å². The van der Waals surface area contributed by atoms with Gasteiger partial charge in [-0.1, -0.05) is 24.6 Å². The van der Waals surface area contributed by atoms with Gasteiger partial charge in [-0.15, -0.1) is 0 Å². The first-order valence-electron chi connectivity index (χ1n) is 8.31. The summed E-state index contributed by atoms with van der Waals surface area (Å²) in [4.78, 5) is 18.8. The Bertz CT molecular complexity index is 739. The molecule has 24 heavy (non-hydrogen) atoms. The first kappa shape index (κ1) is 16.8. The average molecular weight is 344 g/mol. The second kappa shape index (κ2) is 7.22. The lowest BCUT2D eigenvalue weighted by atomic mass is 9.99. The zero-order valence-electron chi connectivity index (χ0n) is 14.1. The summed E-state index contributed by atoms with van der Waals surface area (Å²) in [5, 5.41) is 4.00. The molecular formula is C19H22ClN3O. The van der Waals surface area contributed by atoms with Gasteiger partial charge in [-0.25, -0.2) is 0 Å². The van der Waals surface area contributed by atoms with Gasteiger partial charge in [0.05, 0.1) is 0 Å². The molecule has 1 saturated heterocycles. The molecule has 0 aliphatic carbocycles. The fourth-order valence-corrected chi connectivity index (χ4v) is 3.06. The molecule has 1 aromatic carbocycles. The van der Waals surface area contributed by atoms with E-state index in [0.717, 1.165) is 42.9 Å². The molecule has 1 N–H and O–H groups in total. The van der Waals surface area contributed by atoms with E-state index in [9.17, 15) is 4.79 Å². The number of piperidine rings is 1. The summed E-state index contributed by atoms with van der Waals surface area (Å²) in [5.74, 6) is 0.703. The van der Waals surface area contributed by atoms with Gasteiger partial charge < -0.3 is 10.2 Å². The van der Waals surface area contributed by atoms with E-state index in [1.807, 2.05) is 36.1 Å². The van der Waals surface area contributed by atoms with E-state index < -0.39 is 0 Å². The van der Waals surface area contributed by atoms with Gasteiger partial charge in [0.25, 0.3) is 5.91 Å². The molecule has 1 fully saturated rings. The topological polar surface area (TPSA) is 45.2 Å². The predicted molar refractivity (Wildman–Crippen MR) is 98.0 cm³/mol. The van der Waals surface area contributed by atoms with Crippen LogP contribution >= 0.6 is 11.6 Å². The zero-order chi connectivity index (χ0) is 17.1. The lowest BCUT2D eigenvalue weighted by Gasteiger charge is -2.30. The Labute approximate surface area is 147 Å². The van der Waals surface area contributed by atoms with E-state index >= 15 is 0 Å². The van der Waals surface area contributed by atoms with Gasteiger partial charge in [0, 0.05) is 35.7 Å². The van der Waals surface area contributed by atoms with Crippen LogP contribution in [0.25, 0.3) is 0 Å². The van der Waals surface area contributed by atoms with Crippen LogP contribution in [0, 0.1) is 12.8 Å². The first-order valence-corrected chi connectivity index (χ1v) is 8.69. The van der Waals surface area contributed by atoms with Crippen LogP contribution in [0.4, 0.5) is 11.4 Å². The number of carbonyl (C=O) groups is 1. The Hall–Kier alpha value is -2.07. The summed E-state index contributed by atoms with van der Waals surface area (Å²) in [6.07, 6.45) is 3.79. The molecule has 5 heteroatoms. The molecule has 1 amide bonds. The van der Waals surface area contributed by atoms with Gasteiger partial charge in [-0.3, -0.25) is 9.78 Å². The Kier molecular flexibility index (Phi) is 5.05. The molecular weight excluding hydrogens is 322 g/mol. The van der Waals surface area contributed by atoms with Crippen molar-refractivity contribution in [2.45, 2.75) is 26.7 Å². The van der Waals surface area contributed by atoms with Crippen molar-refractivity contribution in [3.8, 4) is 0 Å². The van der Waals surface area contributed by atoms with Crippen LogP contribution in [0.15, 0.2) is 36.5 Å². The highest BCUT2D eigenvalue weighted by molar-refractivity contribution is 6.30. The van der Waals surface area contributed by atoms with Crippen molar-refractivity contribution in [2.75, 3.05) is 18.4 Å². The van der Waals surface area contributed by atoms with Crippen LogP contribution < -0.4 is 5.32 Å². The molecule has 1 aliphatic heterocycles. The number of nitrogens with zero attached hydrogens (tertiary/aromatic N) is 2. The van der Waals surface area contributed by atoms with Gasteiger partial charge in [-0.2, -0.15) is 0 Å². The lowest BCUT2D eigenvalue weighted by molar-refractivity contribution is 0.0691. The molecule has 0 atom stereocenters. The molecule has 0 unspecified atom stereocenters. The van der Waals surface area contributed by atoms with E-state index in [0.29, 0.717) is 16.6 Å². The number of pyridine rings is 1. The standard InChI is InChI=1S/C19H22ClN3O/c1-13-6-9-23(10-7-13)19(24)18-12-16(5-8-21-18)22-17-11-15(20)4-3-14(17)2/h3-5,8,11-13H,6-7,9-10H2,1-2H3,(H,21,22). The van der Waals surface area contributed by atoms with E-state index in [4.69, 9.17) is 11.6 Å². The number of anilines is 2. The molecule has 0 spiro atoms. The average Bonchev–Trinajstić information content (AvgIpc) is 2.58. The molecule has 4 nitrogen and oxygen atoms in total. The number of hydrogen-bond acceptors (Lipinski definition) is 3. The number of likely N-dealkylation sites (tertiary alicyclic amines) is 1. The molecule has 0 bridgehead atoms. The highest BCUT2D eigenvalue weighted by Crippen LogP contribution is 2.25. The highest BCUT2D eigenvalue weighted by atomic mass is 35.5. The monoisotopic (exact) mass is 343 g/mol. The molecule has 0 radical (unpaired) electrons. The largest absolute Gasteiger partial charge is 0.355 e. The van der Waals surface area contributed by atoms with Gasteiger partial charge in [-0.05, 0) is 55.5 Å². The number of amides is 1. The van der Waals surface area contributed by atoms with Crippen molar-refractivity contribution >= 4 is 28.9 Å². The van der Waals surface area contributed by atoms with E-state index in [-0.39, 0.29) is 5.91 Å². The Morgan fingerprint density at radius 3 is 2.75 bits per heavy atom. The molecule has 2 heterocycles. The van der Waals surface area contributed by atoms with Crippen molar-refractivity contribution in [2.24, 2.45) is 5.92 Å². The summed E-state index contributed by atoms with van der Waals surface area (Å²) in [6.45, 7) is 5.87. The number of rotatable bonds is 3. The van der Waals surface area contributed by atoms with Crippen LogP contribution in [0.3, 0.4) is 0 Å². The van der Waals surface area contributed by atoms with Crippen LogP contribution in [-0.4, -0.2) is 28.9 Å². The number of carbonyl (C=O) groups excluding carboxylic acids is 1. The second-order valence-electron chi connectivity index (χ2n) is 6.49. The first-order chi connectivity index (χ1) is 11.5. The molecule has 0 saturated carbocycles. The molecule has 3 rings (SSSR count). The quantitative estimate of drug-likeness (QED) is 0.881. The third-order valence-electron chi connectivity index (χ3n) is 4.53. The predicted octanol–water partition coefficient (Wildman–Crippen LogP) is 4.66. The van der Waals surface area contributed by atoms with Gasteiger partial charge >= 0.3 is 0 Å². The summed E-state index contributed by atoms with van der Waals surface area (Å²) < 4.78 is 0. The molecule has 1 aliphatic rings. The van der Waals surface area contributed by atoms with Crippen LogP contribution in [-0.2, 0) is 0 Å². The number of aromatic nitrogens is 1. The van der Waals surface area contributed by atoms with Gasteiger partial charge in [0.2, 0.25) is 0 Å². The van der Waals surface area contributed by atoms with Crippen LogP contribution in [0.5, 0.6) is 0 Å². The maximum Gasteiger partial charge on any atom is 0.272 e. The minimum absolute atomic E-state index is 0.00775. The minimum atomic E-state index is 0.00775. The molecule has 2 aromatic rings. The SMILES string of the molecule is Cc1ccc(Cl)cc1Nc1ccnc(C(=O)N2CCC(C)CC2)c1. The molecule has 126 valence electrons. The zero-order valence-corrected chi connectivity index (χ0v) is 14.8. The highest BCUT2D eigenvalue weighted by Gasteiger charge is 2.22. The second-order valence-corrected chi connectivity index (χ2v) is 6.93. The van der Waals surface area contributed by atoms with E-state index in [2.05, 4.69) is 17.2 Å². The Morgan fingerprint density at radius 1 is 1.25 bits per heavy atom. The number of hydrogen-bond donors (Lipinski definition) is 1. The van der Waals surface area contributed by atoms with E-state index in [1.165, 1.54) is 0 Å². The number of aryl methyl sites for hydroxylation is 1. The number of halogens is 1. The lowest BCUT2D eigenvalue weighted by Crippen LogP contribution is -2.38. The van der Waals surface area contributed by atoms with Crippen molar-refractivity contribution in [3.05, 3.63) is 52.8 Å². The third kappa shape index (κ3) is 3.88. The normalized spacial score (nSPS) is 15.4. The van der Waals surface area contributed by atoms with Gasteiger partial charge in [0.15, 0.2) is 0 Å². The Morgan fingerprint density at radius 2 is 2.00 bits per heavy atom. The van der Waals surface area contributed by atoms with E-state index in [1.54, 1.807) is 12.3 Å². The summed E-state index contributed by atoms with van der Waals surface area (Å²) >= 11 is 6.06. The van der Waals surface area contributed by atoms with Crippen molar-refractivity contribution in [1.29, 1.82) is 0 Å². The van der Waals surface area contributed by atoms with Crippen LogP contribution in [0.2, 0.25) is 5.02 Å². The third-order valence-corrected chi connectivity index (χ3v) is 4.76. The summed E-state index contributed by atoms with van der Waals surface area (Å²) in [5.41, 5.74) is 3.34. The fraction of sp³-hybridized carbons (Fsp3) is 0.368.